The van der Waals surface area contributed by atoms with Crippen molar-refractivity contribution >= 4 is 17.4 Å². The lowest BCUT2D eigenvalue weighted by Crippen LogP contribution is -2.30. The number of amides is 1. The predicted molar refractivity (Wildman–Crippen MR) is 116 cm³/mol. The van der Waals surface area contributed by atoms with Crippen molar-refractivity contribution in [2.24, 2.45) is 0 Å². The minimum Gasteiger partial charge on any atom is -0.507 e. The number of benzene rings is 2. The summed E-state index contributed by atoms with van der Waals surface area (Å²) in [5.41, 5.74) is 2.22. The maximum Gasteiger partial charge on any atom is 0.295 e. The highest BCUT2D eigenvalue weighted by Gasteiger charge is 2.46. The highest BCUT2D eigenvalue weighted by Crippen LogP contribution is 2.41. The van der Waals surface area contributed by atoms with Crippen molar-refractivity contribution in [1.29, 1.82) is 0 Å². The van der Waals surface area contributed by atoms with E-state index in [4.69, 9.17) is 0 Å². The van der Waals surface area contributed by atoms with Gasteiger partial charge in [0.1, 0.15) is 11.6 Å². The molecule has 1 atom stereocenters. The molecular weight excluding hydrogens is 381 g/mol. The van der Waals surface area contributed by atoms with E-state index in [1.54, 1.807) is 18.2 Å². The number of rotatable bonds is 4. The number of carbonyl (C=O) groups is 2. The van der Waals surface area contributed by atoms with E-state index >= 15 is 0 Å². The number of likely N-dealkylation sites (tertiary alicyclic amines) is 1. The van der Waals surface area contributed by atoms with Crippen LogP contribution in [0.3, 0.4) is 0 Å². The quantitative estimate of drug-likeness (QED) is 0.426. The number of carbonyl (C=O) groups excluding carboxylic acids is 2. The van der Waals surface area contributed by atoms with Gasteiger partial charge >= 0.3 is 0 Å². The fourth-order valence-corrected chi connectivity index (χ4v) is 3.86. The Kier molecular flexibility index (Phi) is 5.84. The summed E-state index contributed by atoms with van der Waals surface area (Å²) in [6, 6.07) is 10.8. The van der Waals surface area contributed by atoms with Gasteiger partial charge in [-0.15, -0.1) is 0 Å². The molecule has 3 rings (SSSR count). The van der Waals surface area contributed by atoms with Gasteiger partial charge in [-0.1, -0.05) is 58.0 Å². The number of aliphatic hydroxyl groups is 1. The highest BCUT2D eigenvalue weighted by atomic mass is 19.1. The van der Waals surface area contributed by atoms with Crippen LogP contribution in [0.25, 0.3) is 5.76 Å². The second-order valence-electron chi connectivity index (χ2n) is 8.79. The molecule has 0 saturated carbocycles. The molecule has 30 heavy (non-hydrogen) atoms. The Balaban J connectivity index is 2.28. The Labute approximate surface area is 177 Å². The van der Waals surface area contributed by atoms with Crippen molar-refractivity contribution in [3.63, 3.8) is 0 Å². The minimum atomic E-state index is -0.955. The molecule has 1 N–H and O–H groups in total. The maximum atomic E-state index is 14.7. The number of Topliss-reactive ketones (excluding diaryl/α,β-unsaturated/α-hetero) is 1. The van der Waals surface area contributed by atoms with Crippen LogP contribution in [-0.2, 0) is 15.0 Å². The molecule has 0 bridgehead atoms. The summed E-state index contributed by atoms with van der Waals surface area (Å²) in [5, 5.41) is 11.2. The molecule has 0 aliphatic carbocycles. The van der Waals surface area contributed by atoms with Crippen LogP contribution in [0.2, 0.25) is 0 Å². The molecule has 1 amide bonds. The summed E-state index contributed by atoms with van der Waals surface area (Å²) in [6.07, 6.45) is 0.608. The van der Waals surface area contributed by atoms with Crippen LogP contribution < -0.4 is 0 Å². The summed E-state index contributed by atoms with van der Waals surface area (Å²) < 4.78 is 14.7. The SMILES string of the molecule is CCCN1C(=O)C(=O)/C(=C(/O)c2cc(C(C)(C)C)ccc2C)C1c1ccccc1F. The Morgan fingerprint density at radius 1 is 1.13 bits per heavy atom. The third kappa shape index (κ3) is 3.76. The van der Waals surface area contributed by atoms with E-state index in [-0.39, 0.29) is 22.3 Å². The number of hydrogen-bond donors (Lipinski definition) is 1. The lowest BCUT2D eigenvalue weighted by atomic mass is 9.84. The summed E-state index contributed by atoms with van der Waals surface area (Å²) in [7, 11) is 0. The van der Waals surface area contributed by atoms with Crippen LogP contribution in [-0.4, -0.2) is 28.2 Å². The third-order valence-corrected chi connectivity index (χ3v) is 5.56. The molecule has 2 aromatic rings. The topological polar surface area (TPSA) is 57.6 Å². The van der Waals surface area contributed by atoms with E-state index in [0.29, 0.717) is 18.5 Å². The summed E-state index contributed by atoms with van der Waals surface area (Å²) in [4.78, 5) is 27.1. The molecule has 0 aromatic heterocycles. The fourth-order valence-electron chi connectivity index (χ4n) is 3.86. The van der Waals surface area contributed by atoms with E-state index < -0.39 is 23.5 Å². The number of halogens is 1. The first-order valence-electron chi connectivity index (χ1n) is 10.2. The van der Waals surface area contributed by atoms with Gasteiger partial charge in [0.15, 0.2) is 0 Å². The zero-order valence-corrected chi connectivity index (χ0v) is 18.1. The van der Waals surface area contributed by atoms with Crippen molar-refractivity contribution < 1.29 is 19.1 Å². The zero-order valence-electron chi connectivity index (χ0n) is 18.1. The summed E-state index contributed by atoms with van der Waals surface area (Å²) in [6.45, 7) is 10.2. The zero-order chi connectivity index (χ0) is 22.2. The van der Waals surface area contributed by atoms with E-state index in [2.05, 4.69) is 20.8 Å². The number of nitrogens with zero attached hydrogens (tertiary/aromatic N) is 1. The smallest absolute Gasteiger partial charge is 0.295 e. The molecule has 1 heterocycles. The molecule has 2 aromatic carbocycles. The number of aliphatic hydroxyl groups excluding tert-OH is 1. The van der Waals surface area contributed by atoms with Gasteiger partial charge in [-0.2, -0.15) is 0 Å². The van der Waals surface area contributed by atoms with Crippen molar-refractivity contribution in [2.45, 2.75) is 52.5 Å². The summed E-state index contributed by atoms with van der Waals surface area (Å²) >= 11 is 0. The Bertz CT molecular complexity index is 1030. The van der Waals surface area contributed by atoms with Crippen LogP contribution in [0.15, 0.2) is 48.0 Å². The van der Waals surface area contributed by atoms with Crippen LogP contribution in [0, 0.1) is 12.7 Å². The van der Waals surface area contributed by atoms with Crippen molar-refractivity contribution in [3.05, 3.63) is 76.1 Å². The van der Waals surface area contributed by atoms with Gasteiger partial charge in [0.05, 0.1) is 11.6 Å². The van der Waals surface area contributed by atoms with Gasteiger partial charge in [0.25, 0.3) is 11.7 Å². The predicted octanol–water partition coefficient (Wildman–Crippen LogP) is 5.26. The monoisotopic (exact) mass is 409 g/mol. The maximum absolute atomic E-state index is 14.7. The third-order valence-electron chi connectivity index (χ3n) is 5.56. The second-order valence-corrected chi connectivity index (χ2v) is 8.79. The van der Waals surface area contributed by atoms with Gasteiger partial charge in [-0.3, -0.25) is 9.59 Å². The standard InChI is InChI=1S/C25H28FNO3/c1-6-13-27-21(17-9-7-8-10-19(17)26)20(23(29)24(27)30)22(28)18-14-16(25(3,4)5)12-11-15(18)2/h7-12,14,21,28H,6,13H2,1-5H3/b22-20+. The van der Waals surface area contributed by atoms with Gasteiger partial charge in [-0.05, 0) is 42.0 Å². The molecule has 1 unspecified atom stereocenters. The lowest BCUT2D eigenvalue weighted by Gasteiger charge is -2.25. The number of aryl methyl sites for hydroxylation is 1. The molecule has 0 radical (unpaired) electrons. The Morgan fingerprint density at radius 2 is 1.80 bits per heavy atom. The minimum absolute atomic E-state index is 0.0623. The van der Waals surface area contributed by atoms with Gasteiger partial charge in [-0.25, -0.2) is 4.39 Å². The highest BCUT2D eigenvalue weighted by molar-refractivity contribution is 6.46. The summed E-state index contributed by atoms with van der Waals surface area (Å²) in [5.74, 6) is -2.27. The average molecular weight is 410 g/mol. The first kappa shape index (κ1) is 21.8. The van der Waals surface area contributed by atoms with Crippen LogP contribution in [0.4, 0.5) is 4.39 Å². The lowest BCUT2D eigenvalue weighted by molar-refractivity contribution is -0.139. The van der Waals surface area contributed by atoms with Crippen LogP contribution in [0.5, 0.6) is 0 Å². The molecule has 1 fully saturated rings. The molecule has 1 aliphatic heterocycles. The molecule has 0 spiro atoms. The second kappa shape index (κ2) is 8.05. The molecular formula is C25H28FNO3. The van der Waals surface area contributed by atoms with Gasteiger partial charge in [0, 0.05) is 17.7 Å². The largest absolute Gasteiger partial charge is 0.507 e. The van der Waals surface area contributed by atoms with E-state index in [1.807, 2.05) is 32.0 Å². The van der Waals surface area contributed by atoms with Crippen molar-refractivity contribution in [1.82, 2.24) is 4.90 Å². The molecule has 158 valence electrons. The van der Waals surface area contributed by atoms with Gasteiger partial charge < -0.3 is 10.0 Å². The van der Waals surface area contributed by atoms with E-state index in [1.165, 1.54) is 11.0 Å². The molecule has 4 nitrogen and oxygen atoms in total. The molecule has 1 aliphatic rings. The van der Waals surface area contributed by atoms with Crippen LogP contribution in [0.1, 0.15) is 62.4 Å². The van der Waals surface area contributed by atoms with Crippen LogP contribution >= 0.6 is 0 Å². The Morgan fingerprint density at radius 3 is 2.40 bits per heavy atom. The average Bonchev–Trinajstić information content (AvgIpc) is 2.92. The van der Waals surface area contributed by atoms with Gasteiger partial charge in [0.2, 0.25) is 0 Å². The fraction of sp³-hybridized carbons (Fsp3) is 0.360. The first-order chi connectivity index (χ1) is 14.1. The Hall–Kier alpha value is -2.95. The van der Waals surface area contributed by atoms with Crippen molar-refractivity contribution in [3.8, 4) is 0 Å². The van der Waals surface area contributed by atoms with E-state index in [0.717, 1.165) is 11.1 Å². The first-order valence-corrected chi connectivity index (χ1v) is 10.2. The molecule has 1 saturated heterocycles. The number of ketones is 1. The normalized spacial score (nSPS) is 18.9. The molecule has 5 heteroatoms. The number of hydrogen-bond acceptors (Lipinski definition) is 3. The van der Waals surface area contributed by atoms with E-state index in [9.17, 15) is 19.1 Å². The van der Waals surface area contributed by atoms with Crippen molar-refractivity contribution in [2.75, 3.05) is 6.54 Å².